The summed E-state index contributed by atoms with van der Waals surface area (Å²) in [7, 11) is 0. The fraction of sp³-hybridized carbons (Fsp3) is 0.615. The summed E-state index contributed by atoms with van der Waals surface area (Å²) >= 11 is 0. The van der Waals surface area contributed by atoms with Crippen molar-refractivity contribution in [1.29, 1.82) is 0 Å². The molecular weight excluding hydrogens is 290 g/mol. The average Bonchev–Trinajstić information content (AvgIpc) is 3.39. The number of rotatable bonds is 5. The monoisotopic (exact) mass is 305 g/mol. The molecule has 2 fully saturated rings. The van der Waals surface area contributed by atoms with E-state index in [1.165, 1.54) is 9.13 Å². The first kappa shape index (κ1) is 13.2. The second kappa shape index (κ2) is 4.52. The van der Waals surface area contributed by atoms with Gasteiger partial charge in [0.2, 0.25) is 5.52 Å². The van der Waals surface area contributed by atoms with Gasteiger partial charge in [-0.15, -0.1) is 0 Å². The van der Waals surface area contributed by atoms with Crippen molar-refractivity contribution < 1.29 is 4.92 Å². The maximum absolute atomic E-state index is 12.6. The summed E-state index contributed by atoms with van der Waals surface area (Å²) in [5.41, 5.74) is -0.773. The van der Waals surface area contributed by atoms with E-state index in [0.717, 1.165) is 25.7 Å². The fourth-order valence-corrected chi connectivity index (χ4v) is 2.68. The van der Waals surface area contributed by atoms with Crippen LogP contribution in [0.4, 0.5) is 5.95 Å². The van der Waals surface area contributed by atoms with E-state index < -0.39 is 22.1 Å². The second-order valence-electron chi connectivity index (χ2n) is 6.21. The second-order valence-corrected chi connectivity index (χ2v) is 6.21. The van der Waals surface area contributed by atoms with Gasteiger partial charge in [-0.05, 0) is 47.4 Å². The third kappa shape index (κ3) is 2.13. The normalized spacial score (nSPS) is 18.0. The van der Waals surface area contributed by atoms with Crippen LogP contribution in [-0.2, 0) is 13.1 Å². The van der Waals surface area contributed by atoms with Crippen LogP contribution in [0.1, 0.15) is 25.7 Å². The summed E-state index contributed by atoms with van der Waals surface area (Å²) in [5, 5.41) is 10.9. The van der Waals surface area contributed by atoms with Gasteiger partial charge in [0.05, 0.1) is 0 Å². The van der Waals surface area contributed by atoms with Crippen LogP contribution in [0.2, 0.25) is 0 Å². The number of aromatic amines is 1. The van der Waals surface area contributed by atoms with Crippen molar-refractivity contribution >= 4 is 17.1 Å². The molecule has 9 nitrogen and oxygen atoms in total. The third-order valence-corrected chi connectivity index (χ3v) is 4.30. The molecule has 2 saturated carbocycles. The lowest BCUT2D eigenvalue weighted by atomic mass is 10.3. The molecule has 0 saturated heterocycles. The predicted molar refractivity (Wildman–Crippen MR) is 76.7 cm³/mol. The van der Waals surface area contributed by atoms with E-state index in [0.29, 0.717) is 24.9 Å². The molecule has 2 aromatic rings. The Hall–Kier alpha value is -2.45. The molecule has 2 aliphatic rings. The summed E-state index contributed by atoms with van der Waals surface area (Å²) in [6.45, 7) is 0.841. The number of nitro groups is 1. The summed E-state index contributed by atoms with van der Waals surface area (Å²) in [6, 6.07) is 0. The molecule has 2 aliphatic carbocycles. The maximum atomic E-state index is 12.6. The molecule has 9 heteroatoms. The quantitative estimate of drug-likeness (QED) is 0.642. The Labute approximate surface area is 123 Å². The highest BCUT2D eigenvalue weighted by Gasteiger charge is 2.30. The van der Waals surface area contributed by atoms with Gasteiger partial charge < -0.3 is 10.1 Å². The van der Waals surface area contributed by atoms with Gasteiger partial charge >= 0.3 is 11.6 Å². The zero-order valence-corrected chi connectivity index (χ0v) is 11.8. The molecule has 0 unspecified atom stereocenters. The number of nitrogens with one attached hydrogen (secondary N) is 1. The Morgan fingerprint density at radius 3 is 2.27 bits per heavy atom. The predicted octanol–water partition coefficient (Wildman–Crippen LogP) is 0.614. The number of imidazole rings is 1. The van der Waals surface area contributed by atoms with Crippen molar-refractivity contribution in [2.75, 3.05) is 0 Å². The summed E-state index contributed by atoms with van der Waals surface area (Å²) in [6.07, 6.45) is 4.08. The fourth-order valence-electron chi connectivity index (χ4n) is 2.68. The van der Waals surface area contributed by atoms with E-state index in [1.54, 1.807) is 0 Å². The van der Waals surface area contributed by atoms with Gasteiger partial charge in [-0.2, -0.15) is 0 Å². The molecule has 0 aliphatic heterocycles. The first-order chi connectivity index (χ1) is 10.5. The topological polar surface area (TPSA) is 116 Å². The highest BCUT2D eigenvalue weighted by molar-refractivity contribution is 5.71. The molecule has 0 atom stereocenters. The van der Waals surface area contributed by atoms with E-state index in [1.807, 2.05) is 0 Å². The van der Waals surface area contributed by atoms with Crippen LogP contribution in [0.15, 0.2) is 9.59 Å². The Balaban J connectivity index is 1.96. The van der Waals surface area contributed by atoms with Crippen molar-refractivity contribution in [3.63, 3.8) is 0 Å². The zero-order valence-electron chi connectivity index (χ0n) is 11.8. The number of hydrogen-bond donors (Lipinski definition) is 1. The number of fused-ring (bicyclic) bond motifs is 1. The smallest absolute Gasteiger partial charge is 0.390 e. The van der Waals surface area contributed by atoms with Gasteiger partial charge in [0.1, 0.15) is 0 Å². The van der Waals surface area contributed by atoms with Gasteiger partial charge in [-0.3, -0.25) is 13.9 Å². The van der Waals surface area contributed by atoms with Crippen LogP contribution in [0.3, 0.4) is 0 Å². The van der Waals surface area contributed by atoms with Gasteiger partial charge in [0.25, 0.3) is 11.2 Å². The van der Waals surface area contributed by atoms with Gasteiger partial charge in [-0.1, -0.05) is 0 Å². The number of nitrogens with zero attached hydrogens (tertiary/aromatic N) is 4. The van der Waals surface area contributed by atoms with Crippen LogP contribution in [0, 0.1) is 22.0 Å². The minimum atomic E-state index is -0.684. The molecule has 1 N–H and O–H groups in total. The van der Waals surface area contributed by atoms with E-state index in [9.17, 15) is 19.7 Å². The molecule has 0 radical (unpaired) electrons. The average molecular weight is 305 g/mol. The molecule has 0 bridgehead atoms. The van der Waals surface area contributed by atoms with Crippen LogP contribution in [0.5, 0.6) is 0 Å². The lowest BCUT2D eigenvalue weighted by molar-refractivity contribution is -0.393. The molecule has 0 spiro atoms. The highest BCUT2D eigenvalue weighted by Crippen LogP contribution is 2.31. The maximum Gasteiger partial charge on any atom is 0.435 e. The molecule has 22 heavy (non-hydrogen) atoms. The largest absolute Gasteiger partial charge is 0.435 e. The number of hydrogen-bond acceptors (Lipinski definition) is 5. The lowest BCUT2D eigenvalue weighted by Gasteiger charge is -2.08. The first-order valence-electron chi connectivity index (χ1n) is 7.42. The van der Waals surface area contributed by atoms with Crippen molar-refractivity contribution in [3.8, 4) is 0 Å². The summed E-state index contributed by atoms with van der Waals surface area (Å²) in [5.74, 6) is 0.249. The van der Waals surface area contributed by atoms with Crippen molar-refractivity contribution in [2.24, 2.45) is 11.8 Å². The SMILES string of the molecule is O=c1c2[nH]c([N+](=O)[O-])nc2n(CC2CC2)c(=O)n1CC1CC1. The third-order valence-electron chi connectivity index (χ3n) is 4.30. The van der Waals surface area contributed by atoms with Crippen LogP contribution < -0.4 is 11.2 Å². The summed E-state index contributed by atoms with van der Waals surface area (Å²) < 4.78 is 2.62. The van der Waals surface area contributed by atoms with Crippen LogP contribution in [0.25, 0.3) is 11.2 Å². The Morgan fingerprint density at radius 2 is 1.73 bits per heavy atom. The zero-order chi connectivity index (χ0) is 15.4. The molecule has 4 rings (SSSR count). The van der Waals surface area contributed by atoms with Crippen LogP contribution in [-0.4, -0.2) is 24.0 Å². The van der Waals surface area contributed by atoms with Crippen LogP contribution >= 0.6 is 0 Å². The molecule has 2 heterocycles. The van der Waals surface area contributed by atoms with Gasteiger partial charge in [-0.25, -0.2) is 9.78 Å². The summed E-state index contributed by atoms with van der Waals surface area (Å²) in [4.78, 5) is 41.6. The van der Waals surface area contributed by atoms with E-state index >= 15 is 0 Å². The minimum Gasteiger partial charge on any atom is -0.390 e. The van der Waals surface area contributed by atoms with E-state index in [2.05, 4.69) is 9.97 Å². The lowest BCUT2D eigenvalue weighted by Crippen LogP contribution is -2.41. The minimum absolute atomic E-state index is 0.0487. The Bertz CT molecular complexity index is 884. The molecule has 116 valence electrons. The Kier molecular flexibility index (Phi) is 2.72. The Morgan fingerprint density at radius 1 is 1.14 bits per heavy atom. The highest BCUT2D eigenvalue weighted by atomic mass is 16.6. The first-order valence-corrected chi connectivity index (χ1v) is 7.42. The standard InChI is InChI=1S/C13H15N5O4/c19-11-9-10(15-12(14-9)18(21)22)16(5-7-1-2-7)13(20)17(11)6-8-3-4-8/h7-8H,1-6H2,(H,14,15). The van der Waals surface area contributed by atoms with E-state index in [4.69, 9.17) is 0 Å². The molecule has 0 aromatic carbocycles. The van der Waals surface area contributed by atoms with E-state index in [-0.39, 0.29) is 11.2 Å². The number of aromatic nitrogens is 4. The number of H-pyrrole nitrogens is 1. The van der Waals surface area contributed by atoms with Gasteiger partial charge in [0.15, 0.2) is 0 Å². The van der Waals surface area contributed by atoms with Crippen molar-refractivity contribution in [2.45, 2.75) is 38.8 Å². The molecular formula is C13H15N5O4. The molecule has 2 aromatic heterocycles. The van der Waals surface area contributed by atoms with Crippen molar-refractivity contribution in [3.05, 3.63) is 31.0 Å². The molecule has 0 amide bonds. The van der Waals surface area contributed by atoms with Gasteiger partial charge in [0, 0.05) is 13.1 Å². The van der Waals surface area contributed by atoms with Crippen molar-refractivity contribution in [1.82, 2.24) is 19.1 Å².